The molecule has 2 unspecified atom stereocenters. The number of Topliss-reactive ketones (excluding diaryl/α,β-unsaturated/α-hetero) is 2. The Bertz CT molecular complexity index is 170. The van der Waals surface area contributed by atoms with Gasteiger partial charge in [0.1, 0.15) is 6.04 Å². The minimum absolute atomic E-state index is 0.475. The number of hydrogen-bond acceptors (Lipinski definition) is 5. The summed E-state index contributed by atoms with van der Waals surface area (Å²) in [4.78, 5) is 20.8. The standard InChI is InChI=1S/C4H6N2O2S/c5-1-2(6-9)4(8)3(1)7/h1-2,6,9H,5H2. The zero-order chi connectivity index (χ0) is 7.02. The number of carbonyl (C=O) groups excluding carboxylic acids is 2. The van der Waals surface area contributed by atoms with E-state index in [-0.39, 0.29) is 0 Å². The molecule has 0 amide bonds. The van der Waals surface area contributed by atoms with E-state index in [1.54, 1.807) is 0 Å². The molecule has 1 saturated carbocycles. The average Bonchev–Trinajstić information content (AvgIpc) is 1.89. The van der Waals surface area contributed by atoms with Crippen LogP contribution in [0.5, 0.6) is 0 Å². The summed E-state index contributed by atoms with van der Waals surface area (Å²) >= 11 is 3.60. The molecule has 0 aromatic carbocycles. The predicted molar refractivity (Wildman–Crippen MR) is 33.9 cm³/mol. The molecular weight excluding hydrogens is 140 g/mol. The lowest BCUT2D eigenvalue weighted by atomic mass is 9.85. The van der Waals surface area contributed by atoms with E-state index in [4.69, 9.17) is 5.73 Å². The normalized spacial score (nSPS) is 34.4. The molecule has 0 saturated heterocycles. The van der Waals surface area contributed by atoms with Crippen LogP contribution in [0.1, 0.15) is 0 Å². The maximum Gasteiger partial charge on any atom is 0.219 e. The Labute approximate surface area is 57.3 Å². The van der Waals surface area contributed by atoms with Gasteiger partial charge in [0.2, 0.25) is 11.6 Å². The van der Waals surface area contributed by atoms with Gasteiger partial charge in [-0.1, -0.05) is 12.8 Å². The van der Waals surface area contributed by atoms with Crippen molar-refractivity contribution in [1.82, 2.24) is 4.72 Å². The Hall–Kier alpha value is -0.390. The highest BCUT2D eigenvalue weighted by Crippen LogP contribution is 2.08. The lowest BCUT2D eigenvalue weighted by Crippen LogP contribution is -2.66. The van der Waals surface area contributed by atoms with Gasteiger partial charge in [-0.05, 0) is 0 Å². The monoisotopic (exact) mass is 146 g/mol. The number of ketones is 2. The maximum absolute atomic E-state index is 10.5. The predicted octanol–water partition coefficient (Wildman–Crippen LogP) is -1.73. The van der Waals surface area contributed by atoms with Crippen molar-refractivity contribution in [2.45, 2.75) is 12.1 Å². The highest BCUT2D eigenvalue weighted by atomic mass is 32.1. The molecule has 0 aromatic rings. The number of rotatable bonds is 1. The number of nitrogens with one attached hydrogen (secondary N) is 1. The molecule has 1 aliphatic rings. The van der Waals surface area contributed by atoms with E-state index in [0.29, 0.717) is 0 Å². The number of nitrogens with two attached hydrogens (primary N) is 1. The van der Waals surface area contributed by atoms with Crippen LogP contribution >= 0.6 is 12.8 Å². The van der Waals surface area contributed by atoms with Crippen LogP contribution in [0.4, 0.5) is 0 Å². The van der Waals surface area contributed by atoms with Gasteiger partial charge < -0.3 is 5.73 Å². The summed E-state index contributed by atoms with van der Waals surface area (Å²) in [6.45, 7) is 0. The first-order valence-electron chi connectivity index (χ1n) is 2.41. The largest absolute Gasteiger partial charge is 0.319 e. The lowest BCUT2D eigenvalue weighted by Gasteiger charge is -2.28. The molecule has 50 valence electrons. The van der Waals surface area contributed by atoms with E-state index in [0.717, 1.165) is 0 Å². The van der Waals surface area contributed by atoms with Gasteiger partial charge >= 0.3 is 0 Å². The molecule has 0 heterocycles. The highest BCUT2D eigenvalue weighted by molar-refractivity contribution is 7.78. The van der Waals surface area contributed by atoms with Crippen LogP contribution < -0.4 is 10.5 Å². The first kappa shape index (κ1) is 6.73. The number of hydrogen-bond donors (Lipinski definition) is 3. The summed E-state index contributed by atoms with van der Waals surface area (Å²) in [6, 6.07) is -1.25. The molecule has 1 fully saturated rings. The molecule has 0 aromatic heterocycles. The Morgan fingerprint density at radius 3 is 2.22 bits per heavy atom. The fraction of sp³-hybridized carbons (Fsp3) is 0.500. The summed E-state index contributed by atoms with van der Waals surface area (Å²) < 4.78 is 2.33. The molecule has 0 bridgehead atoms. The Morgan fingerprint density at radius 1 is 1.44 bits per heavy atom. The van der Waals surface area contributed by atoms with E-state index in [9.17, 15) is 9.59 Å². The topological polar surface area (TPSA) is 72.2 Å². The van der Waals surface area contributed by atoms with Gasteiger partial charge in [0.15, 0.2) is 0 Å². The van der Waals surface area contributed by atoms with Gasteiger partial charge in [-0.25, -0.2) is 0 Å². The minimum atomic E-state index is -0.685. The van der Waals surface area contributed by atoms with Gasteiger partial charge in [-0.2, -0.15) is 0 Å². The summed E-state index contributed by atoms with van der Waals surface area (Å²) in [5, 5.41) is 0. The fourth-order valence-corrected chi connectivity index (χ4v) is 0.953. The van der Waals surface area contributed by atoms with Gasteiger partial charge in [-0.3, -0.25) is 14.3 Å². The lowest BCUT2D eigenvalue weighted by molar-refractivity contribution is -0.145. The van der Waals surface area contributed by atoms with Crippen LogP contribution in [0.3, 0.4) is 0 Å². The molecule has 0 aliphatic heterocycles. The third-order valence-electron chi connectivity index (χ3n) is 1.33. The number of carbonyl (C=O) groups is 2. The SMILES string of the molecule is NC1C(=O)C(=O)C1NS. The Morgan fingerprint density at radius 2 is 2.00 bits per heavy atom. The minimum Gasteiger partial charge on any atom is -0.319 e. The van der Waals surface area contributed by atoms with Crippen LogP contribution in [0.25, 0.3) is 0 Å². The van der Waals surface area contributed by atoms with Crippen molar-refractivity contribution in [3.63, 3.8) is 0 Å². The van der Waals surface area contributed by atoms with E-state index < -0.39 is 23.7 Å². The highest BCUT2D eigenvalue weighted by Gasteiger charge is 2.45. The molecular formula is C4H6N2O2S. The van der Waals surface area contributed by atoms with Crippen LogP contribution in [0.15, 0.2) is 0 Å². The van der Waals surface area contributed by atoms with Gasteiger partial charge in [0, 0.05) is 0 Å². The quantitative estimate of drug-likeness (QED) is 0.303. The van der Waals surface area contributed by atoms with Gasteiger partial charge in [-0.15, -0.1) is 0 Å². The molecule has 0 radical (unpaired) electrons. The summed E-state index contributed by atoms with van der Waals surface area (Å²) in [5.74, 6) is -0.987. The van der Waals surface area contributed by atoms with Crippen molar-refractivity contribution in [2.24, 2.45) is 5.73 Å². The van der Waals surface area contributed by atoms with Crippen LogP contribution in [0.2, 0.25) is 0 Å². The second-order valence-electron chi connectivity index (χ2n) is 1.86. The summed E-state index contributed by atoms with van der Waals surface area (Å²) in [7, 11) is 0. The fourth-order valence-electron chi connectivity index (χ4n) is 0.675. The molecule has 0 spiro atoms. The molecule has 1 rings (SSSR count). The van der Waals surface area contributed by atoms with Crippen molar-refractivity contribution in [1.29, 1.82) is 0 Å². The molecule has 9 heavy (non-hydrogen) atoms. The summed E-state index contributed by atoms with van der Waals surface area (Å²) in [5.41, 5.74) is 5.19. The third-order valence-corrected chi connectivity index (χ3v) is 1.60. The van der Waals surface area contributed by atoms with Crippen molar-refractivity contribution >= 4 is 24.4 Å². The molecule has 2 atom stereocenters. The second-order valence-corrected chi connectivity index (χ2v) is 2.12. The van der Waals surface area contributed by atoms with Gasteiger partial charge in [0.05, 0.1) is 6.04 Å². The molecule has 4 nitrogen and oxygen atoms in total. The first-order chi connectivity index (χ1) is 4.18. The molecule has 5 heteroatoms. The van der Waals surface area contributed by atoms with Crippen molar-refractivity contribution in [2.75, 3.05) is 0 Å². The maximum atomic E-state index is 10.5. The zero-order valence-corrected chi connectivity index (χ0v) is 5.39. The van der Waals surface area contributed by atoms with Gasteiger partial charge in [0.25, 0.3) is 0 Å². The second kappa shape index (κ2) is 2.09. The van der Waals surface area contributed by atoms with Crippen molar-refractivity contribution in [3.05, 3.63) is 0 Å². The molecule has 3 N–H and O–H groups in total. The average molecular weight is 146 g/mol. The molecule has 1 aliphatic carbocycles. The smallest absolute Gasteiger partial charge is 0.219 e. The first-order valence-corrected chi connectivity index (χ1v) is 2.86. The van der Waals surface area contributed by atoms with Crippen molar-refractivity contribution < 1.29 is 9.59 Å². The Balaban J connectivity index is 2.61. The van der Waals surface area contributed by atoms with Crippen LogP contribution in [0, 0.1) is 0 Å². The van der Waals surface area contributed by atoms with Crippen molar-refractivity contribution in [3.8, 4) is 0 Å². The summed E-state index contributed by atoms with van der Waals surface area (Å²) in [6.07, 6.45) is 0. The van der Waals surface area contributed by atoms with E-state index in [1.807, 2.05) is 0 Å². The van der Waals surface area contributed by atoms with Crippen LogP contribution in [-0.4, -0.2) is 23.7 Å². The van der Waals surface area contributed by atoms with E-state index in [2.05, 4.69) is 17.5 Å². The number of thiol groups is 1. The zero-order valence-electron chi connectivity index (χ0n) is 4.50. The third kappa shape index (κ3) is 0.772. The van der Waals surface area contributed by atoms with Crippen LogP contribution in [-0.2, 0) is 9.59 Å². The van der Waals surface area contributed by atoms with E-state index in [1.165, 1.54) is 0 Å². The van der Waals surface area contributed by atoms with E-state index >= 15 is 0 Å². The Kier molecular flexibility index (Phi) is 1.56.